The molecule has 0 radical (unpaired) electrons. The van der Waals surface area contributed by atoms with Crippen LogP contribution in [-0.4, -0.2) is 73.7 Å². The Morgan fingerprint density at radius 3 is 2.57 bits per heavy atom. The van der Waals surface area contributed by atoms with Crippen LogP contribution in [0.2, 0.25) is 0 Å². The van der Waals surface area contributed by atoms with Crippen molar-refractivity contribution in [3.63, 3.8) is 0 Å². The van der Waals surface area contributed by atoms with Crippen LogP contribution in [0.5, 0.6) is 0 Å². The fourth-order valence-electron chi connectivity index (χ4n) is 2.63. The van der Waals surface area contributed by atoms with Crippen molar-refractivity contribution in [3.8, 4) is 0 Å². The summed E-state index contributed by atoms with van der Waals surface area (Å²) in [6.07, 6.45) is 2.38. The molecule has 1 aromatic rings. The van der Waals surface area contributed by atoms with Crippen molar-refractivity contribution in [3.05, 3.63) is 0 Å². The van der Waals surface area contributed by atoms with Gasteiger partial charge in [-0.15, -0.1) is 0 Å². The lowest BCUT2D eigenvalue weighted by molar-refractivity contribution is 0.371. The topological polar surface area (TPSA) is 60.4 Å². The van der Waals surface area contributed by atoms with E-state index in [0.29, 0.717) is 17.9 Å². The molecule has 0 spiro atoms. The molecular weight excluding hydrogens is 266 g/mol. The van der Waals surface area contributed by atoms with Gasteiger partial charge >= 0.3 is 0 Å². The normalized spacial score (nSPS) is 18.4. The predicted octanol–water partition coefficient (Wildman–Crippen LogP) is 0.900. The largest absolute Gasteiger partial charge is 0.354 e. The summed E-state index contributed by atoms with van der Waals surface area (Å²) in [6.45, 7) is 4.89. The highest BCUT2D eigenvalue weighted by Gasteiger charge is 2.28. The second-order valence-electron chi connectivity index (χ2n) is 5.94. The molecule has 118 valence electrons. The Labute approximate surface area is 127 Å². The number of hydrogen-bond acceptors (Lipinski definition) is 7. The zero-order valence-corrected chi connectivity index (χ0v) is 13.8. The average molecular weight is 293 g/mol. The monoisotopic (exact) mass is 293 g/mol. The van der Waals surface area contributed by atoms with Crippen LogP contribution in [0, 0.1) is 0 Å². The van der Waals surface area contributed by atoms with Crippen LogP contribution >= 0.6 is 0 Å². The van der Waals surface area contributed by atoms with Gasteiger partial charge in [-0.2, -0.15) is 15.0 Å². The van der Waals surface area contributed by atoms with Crippen molar-refractivity contribution < 1.29 is 0 Å². The Morgan fingerprint density at radius 1 is 1.19 bits per heavy atom. The average Bonchev–Trinajstić information content (AvgIpc) is 2.86. The van der Waals surface area contributed by atoms with Crippen LogP contribution in [0.3, 0.4) is 0 Å². The molecule has 0 bridgehead atoms. The second-order valence-corrected chi connectivity index (χ2v) is 5.94. The van der Waals surface area contributed by atoms with Crippen LogP contribution in [0.4, 0.5) is 17.8 Å². The van der Waals surface area contributed by atoms with Crippen molar-refractivity contribution >= 4 is 17.8 Å². The quantitative estimate of drug-likeness (QED) is 0.836. The minimum absolute atomic E-state index is 0.479. The number of likely N-dealkylation sites (N-methyl/N-ethyl adjacent to an activating group) is 1. The minimum Gasteiger partial charge on any atom is -0.354 e. The Bertz CT molecular complexity index is 461. The first kappa shape index (κ1) is 15.8. The number of nitrogens with one attached hydrogen (secondary N) is 1. The maximum Gasteiger partial charge on any atom is 0.232 e. The summed E-state index contributed by atoms with van der Waals surface area (Å²) < 4.78 is 0. The van der Waals surface area contributed by atoms with Crippen LogP contribution in [0.15, 0.2) is 0 Å². The van der Waals surface area contributed by atoms with E-state index >= 15 is 0 Å². The zero-order valence-electron chi connectivity index (χ0n) is 13.8. The van der Waals surface area contributed by atoms with E-state index in [1.165, 1.54) is 12.8 Å². The summed E-state index contributed by atoms with van der Waals surface area (Å²) in [4.78, 5) is 20.1. The Morgan fingerprint density at radius 2 is 1.95 bits per heavy atom. The van der Waals surface area contributed by atoms with Crippen LogP contribution in [-0.2, 0) is 0 Å². The first-order valence-corrected chi connectivity index (χ1v) is 7.60. The van der Waals surface area contributed by atoms with Gasteiger partial charge in [0.2, 0.25) is 17.8 Å². The summed E-state index contributed by atoms with van der Waals surface area (Å²) >= 11 is 0. The third kappa shape index (κ3) is 3.93. The van der Waals surface area contributed by atoms with Crippen LogP contribution in [0.1, 0.15) is 19.8 Å². The molecule has 1 fully saturated rings. The van der Waals surface area contributed by atoms with Gasteiger partial charge in [-0.3, -0.25) is 0 Å². The van der Waals surface area contributed by atoms with E-state index in [1.807, 2.05) is 25.9 Å². The molecule has 2 rings (SSSR count). The molecule has 0 saturated carbocycles. The van der Waals surface area contributed by atoms with Crippen LogP contribution < -0.4 is 15.1 Å². The van der Waals surface area contributed by atoms with Crippen LogP contribution in [0.25, 0.3) is 0 Å². The predicted molar refractivity (Wildman–Crippen MR) is 87.2 cm³/mol. The van der Waals surface area contributed by atoms with E-state index in [-0.39, 0.29) is 0 Å². The molecule has 1 atom stereocenters. The van der Waals surface area contributed by atoms with Crippen molar-refractivity contribution in [1.29, 1.82) is 0 Å². The van der Waals surface area contributed by atoms with E-state index in [2.05, 4.69) is 44.2 Å². The highest BCUT2D eigenvalue weighted by Crippen LogP contribution is 2.24. The molecular formula is C14H27N7. The lowest BCUT2D eigenvalue weighted by Crippen LogP contribution is -2.38. The molecule has 1 aliphatic rings. The van der Waals surface area contributed by atoms with Crippen molar-refractivity contribution in [1.82, 2.24) is 19.9 Å². The molecule has 7 heteroatoms. The summed E-state index contributed by atoms with van der Waals surface area (Å²) in [5.41, 5.74) is 0. The van der Waals surface area contributed by atoms with Gasteiger partial charge in [0.1, 0.15) is 0 Å². The lowest BCUT2D eigenvalue weighted by Gasteiger charge is -2.27. The van der Waals surface area contributed by atoms with E-state index in [0.717, 1.165) is 25.6 Å². The fraction of sp³-hybridized carbons (Fsp3) is 0.786. The summed E-state index contributed by atoms with van der Waals surface area (Å²) in [6, 6.07) is 0.479. The molecule has 1 N–H and O–H groups in total. The van der Waals surface area contributed by atoms with Gasteiger partial charge in [0.05, 0.1) is 0 Å². The summed E-state index contributed by atoms with van der Waals surface area (Å²) in [5.74, 6) is 2.14. The molecule has 0 amide bonds. The molecule has 0 aromatic carbocycles. The Balaban J connectivity index is 2.28. The van der Waals surface area contributed by atoms with Gasteiger partial charge < -0.3 is 20.0 Å². The summed E-state index contributed by atoms with van der Waals surface area (Å²) in [5, 5.41) is 3.20. The highest BCUT2D eigenvalue weighted by molar-refractivity contribution is 5.45. The van der Waals surface area contributed by atoms with Gasteiger partial charge in [-0.05, 0) is 33.9 Å². The van der Waals surface area contributed by atoms with Crippen molar-refractivity contribution in [2.45, 2.75) is 25.8 Å². The Hall–Kier alpha value is -1.63. The zero-order chi connectivity index (χ0) is 15.4. The molecule has 1 saturated heterocycles. The Kier molecular flexibility index (Phi) is 5.17. The van der Waals surface area contributed by atoms with Gasteiger partial charge in [-0.1, -0.05) is 0 Å². The maximum absolute atomic E-state index is 4.63. The molecule has 1 aromatic heterocycles. The maximum atomic E-state index is 4.63. The number of aromatic nitrogens is 3. The smallest absolute Gasteiger partial charge is 0.232 e. The first-order valence-electron chi connectivity index (χ1n) is 7.60. The van der Waals surface area contributed by atoms with Gasteiger partial charge in [0.25, 0.3) is 0 Å². The summed E-state index contributed by atoms with van der Waals surface area (Å²) in [7, 11) is 8.13. The number of rotatable bonds is 6. The second kappa shape index (κ2) is 6.89. The lowest BCUT2D eigenvalue weighted by atomic mass is 10.2. The number of anilines is 3. The third-order valence-electron chi connectivity index (χ3n) is 3.56. The van der Waals surface area contributed by atoms with E-state index in [4.69, 9.17) is 0 Å². The highest BCUT2D eigenvalue weighted by atomic mass is 15.4. The molecule has 1 unspecified atom stereocenters. The van der Waals surface area contributed by atoms with Gasteiger partial charge in [0.15, 0.2) is 0 Å². The number of nitrogens with zero attached hydrogens (tertiary/aromatic N) is 6. The van der Waals surface area contributed by atoms with Gasteiger partial charge in [0, 0.05) is 39.8 Å². The van der Waals surface area contributed by atoms with Crippen molar-refractivity contribution in [2.24, 2.45) is 0 Å². The van der Waals surface area contributed by atoms with E-state index < -0.39 is 0 Å². The minimum atomic E-state index is 0.479. The third-order valence-corrected chi connectivity index (χ3v) is 3.56. The fourth-order valence-corrected chi connectivity index (χ4v) is 2.63. The standard InChI is InChI=1S/C14H27N7/c1-6-15-12-16-13(20(4)5)18-14(17-12)21-9-7-8-11(21)10-19(2)3/h11H,6-10H2,1-5H3,(H,15,16,17,18). The molecule has 21 heavy (non-hydrogen) atoms. The van der Waals surface area contributed by atoms with Crippen molar-refractivity contribution in [2.75, 3.05) is 62.9 Å². The SMILES string of the molecule is CCNc1nc(N(C)C)nc(N2CCCC2CN(C)C)n1. The van der Waals surface area contributed by atoms with E-state index in [1.54, 1.807) is 0 Å². The van der Waals surface area contributed by atoms with E-state index in [9.17, 15) is 0 Å². The molecule has 1 aliphatic heterocycles. The molecule has 0 aliphatic carbocycles. The number of hydrogen-bond donors (Lipinski definition) is 1. The molecule has 2 heterocycles. The first-order chi connectivity index (χ1) is 10.0. The molecule has 7 nitrogen and oxygen atoms in total. The van der Waals surface area contributed by atoms with Gasteiger partial charge in [-0.25, -0.2) is 0 Å².